The molecule has 0 spiro atoms. The minimum Gasteiger partial charge on any atom is -0.213 e. The largest absolute Gasteiger partial charge is 0.250 e. The smallest absolute Gasteiger partial charge is 0.213 e. The highest BCUT2D eigenvalue weighted by Crippen LogP contribution is 2.34. The van der Waals surface area contributed by atoms with Crippen LogP contribution in [0.3, 0.4) is 0 Å². The fourth-order valence-corrected chi connectivity index (χ4v) is 6.00. The normalized spacial score (nSPS) is 13.0. The molecule has 0 aromatic carbocycles. The van der Waals surface area contributed by atoms with Crippen LogP contribution < -0.4 is 4.72 Å². The lowest BCUT2D eigenvalue weighted by molar-refractivity contribution is 0.424. The molecule has 1 aromatic heterocycles. The molecule has 0 bridgehead atoms. The average Bonchev–Trinajstić information content (AvgIpc) is 2.68. The third-order valence-electron chi connectivity index (χ3n) is 2.59. The van der Waals surface area contributed by atoms with Gasteiger partial charge in [-0.25, -0.2) is 25.9 Å². The lowest BCUT2D eigenvalue weighted by Gasteiger charge is -2.17. The highest BCUT2D eigenvalue weighted by molar-refractivity contribution is 9.11. The van der Waals surface area contributed by atoms with E-state index in [1.807, 2.05) is 0 Å². The molecule has 1 rings (SSSR count). The Hall–Kier alpha value is 0.290. The van der Waals surface area contributed by atoms with Crippen molar-refractivity contribution in [3.8, 4) is 0 Å². The van der Waals surface area contributed by atoms with E-state index in [4.69, 9.17) is 11.6 Å². The van der Waals surface area contributed by atoms with E-state index in [1.54, 1.807) is 6.92 Å². The maximum Gasteiger partial charge on any atom is 0.250 e. The van der Waals surface area contributed by atoms with Crippen LogP contribution >= 0.6 is 38.9 Å². The minimum atomic E-state index is -3.62. The van der Waals surface area contributed by atoms with Crippen LogP contribution in [0.5, 0.6) is 0 Å². The Morgan fingerprint density at radius 1 is 1.38 bits per heavy atom. The summed E-state index contributed by atoms with van der Waals surface area (Å²) in [7, 11) is -6.87. The molecule has 0 aliphatic rings. The molecule has 6 nitrogen and oxygen atoms in total. The second-order valence-corrected chi connectivity index (χ2v) is 10.9. The van der Waals surface area contributed by atoms with Gasteiger partial charge in [-0.1, -0.05) is 18.5 Å². The van der Waals surface area contributed by atoms with Crippen molar-refractivity contribution in [3.05, 3.63) is 14.9 Å². The van der Waals surface area contributed by atoms with Crippen LogP contribution in [0.25, 0.3) is 0 Å². The topological polar surface area (TPSA) is 83.6 Å². The number of hydrogen-bond acceptors (Lipinski definition) is 5. The molecule has 0 radical (unpaired) electrons. The highest BCUT2D eigenvalue weighted by atomic mass is 79.9. The SMILES string of the molecule is CCN(CCCNS(=O)(=O)c1cc(Cl)c(Br)s1)S(C)(=O)=O. The molecule has 122 valence electrons. The molecule has 0 aliphatic carbocycles. The van der Waals surface area contributed by atoms with E-state index in [1.165, 1.54) is 10.4 Å². The lowest BCUT2D eigenvalue weighted by atomic mass is 10.4. The van der Waals surface area contributed by atoms with Crippen LogP contribution in [0.4, 0.5) is 0 Å². The zero-order chi connectivity index (χ0) is 16.3. The Bertz CT molecular complexity index is 668. The maximum atomic E-state index is 12.0. The second-order valence-electron chi connectivity index (χ2n) is 4.19. The minimum absolute atomic E-state index is 0.120. The second kappa shape index (κ2) is 7.71. The van der Waals surface area contributed by atoms with Crippen molar-refractivity contribution < 1.29 is 16.8 Å². The van der Waals surface area contributed by atoms with Crippen LogP contribution in [0.2, 0.25) is 5.02 Å². The standard InChI is InChI=1S/C10H16BrClN2O4S3/c1-3-14(20(2,15)16)6-4-5-13-21(17,18)9-7-8(12)10(11)19-9/h7,13H,3-6H2,1-2H3. The Kier molecular flexibility index (Phi) is 7.10. The van der Waals surface area contributed by atoms with Gasteiger partial charge in [0.1, 0.15) is 4.21 Å². The number of hydrogen-bond donors (Lipinski definition) is 1. The molecule has 11 heteroatoms. The molecular weight excluding hydrogens is 424 g/mol. The van der Waals surface area contributed by atoms with Gasteiger partial charge in [0.05, 0.1) is 15.1 Å². The van der Waals surface area contributed by atoms with E-state index in [-0.39, 0.29) is 17.3 Å². The predicted molar refractivity (Wildman–Crippen MR) is 88.9 cm³/mol. The van der Waals surface area contributed by atoms with Gasteiger partial charge < -0.3 is 0 Å². The van der Waals surface area contributed by atoms with E-state index < -0.39 is 20.0 Å². The molecule has 0 aliphatic heterocycles. The molecule has 0 amide bonds. The molecule has 1 N–H and O–H groups in total. The van der Waals surface area contributed by atoms with Crippen molar-refractivity contribution in [2.24, 2.45) is 0 Å². The summed E-state index contributed by atoms with van der Waals surface area (Å²) in [6.07, 6.45) is 1.52. The summed E-state index contributed by atoms with van der Waals surface area (Å²) in [5.41, 5.74) is 0. The highest BCUT2D eigenvalue weighted by Gasteiger charge is 2.19. The average molecular weight is 440 g/mol. The van der Waals surface area contributed by atoms with Gasteiger partial charge in [0.25, 0.3) is 0 Å². The van der Waals surface area contributed by atoms with Gasteiger partial charge in [0, 0.05) is 19.6 Å². The number of sulfonamides is 2. The first-order chi connectivity index (χ1) is 9.58. The van der Waals surface area contributed by atoms with Gasteiger partial charge in [-0.2, -0.15) is 0 Å². The zero-order valence-electron chi connectivity index (χ0n) is 11.5. The lowest BCUT2D eigenvalue weighted by Crippen LogP contribution is -2.33. The van der Waals surface area contributed by atoms with E-state index in [2.05, 4.69) is 20.7 Å². The van der Waals surface area contributed by atoms with Crippen molar-refractivity contribution in [1.29, 1.82) is 0 Å². The molecule has 0 saturated heterocycles. The van der Waals surface area contributed by atoms with Gasteiger partial charge in [-0.3, -0.25) is 0 Å². The molecule has 1 aromatic rings. The first kappa shape index (κ1) is 19.3. The Balaban J connectivity index is 2.56. The van der Waals surface area contributed by atoms with Gasteiger partial charge in [-0.05, 0) is 28.4 Å². The van der Waals surface area contributed by atoms with Crippen molar-refractivity contribution in [1.82, 2.24) is 9.03 Å². The fraction of sp³-hybridized carbons (Fsp3) is 0.600. The number of thiophene rings is 1. The monoisotopic (exact) mass is 438 g/mol. The number of halogens is 2. The van der Waals surface area contributed by atoms with E-state index in [9.17, 15) is 16.8 Å². The predicted octanol–water partition coefficient (Wildman–Crippen LogP) is 2.11. The first-order valence-corrected chi connectivity index (χ1v) is 11.3. The third-order valence-corrected chi connectivity index (χ3v) is 8.37. The first-order valence-electron chi connectivity index (χ1n) is 5.97. The molecule has 0 atom stereocenters. The third kappa shape index (κ3) is 5.77. The van der Waals surface area contributed by atoms with E-state index >= 15 is 0 Å². The van der Waals surface area contributed by atoms with Crippen molar-refractivity contribution >= 4 is 58.9 Å². The summed E-state index contributed by atoms with van der Waals surface area (Å²) >= 11 is 9.99. The summed E-state index contributed by atoms with van der Waals surface area (Å²) in [5.74, 6) is 0. The fourth-order valence-electron chi connectivity index (χ4n) is 1.55. The molecule has 1 heterocycles. The van der Waals surface area contributed by atoms with Gasteiger partial charge in [-0.15, -0.1) is 11.3 Å². The van der Waals surface area contributed by atoms with Crippen LogP contribution in [0.15, 0.2) is 14.1 Å². The summed E-state index contributed by atoms with van der Waals surface area (Å²) in [4.78, 5) is 0. The Morgan fingerprint density at radius 2 is 2.00 bits per heavy atom. The Morgan fingerprint density at radius 3 is 2.43 bits per heavy atom. The maximum absolute atomic E-state index is 12.0. The van der Waals surface area contributed by atoms with E-state index in [0.29, 0.717) is 21.8 Å². The zero-order valence-corrected chi connectivity index (χ0v) is 16.3. The van der Waals surface area contributed by atoms with Crippen molar-refractivity contribution in [3.63, 3.8) is 0 Å². The molecule has 0 unspecified atom stereocenters. The number of rotatable bonds is 8. The number of nitrogens with zero attached hydrogens (tertiary/aromatic N) is 1. The van der Waals surface area contributed by atoms with Crippen molar-refractivity contribution in [2.75, 3.05) is 25.9 Å². The van der Waals surface area contributed by atoms with Crippen LogP contribution in [0, 0.1) is 0 Å². The van der Waals surface area contributed by atoms with Gasteiger partial charge >= 0.3 is 0 Å². The summed E-state index contributed by atoms with van der Waals surface area (Å²) < 4.78 is 51.2. The van der Waals surface area contributed by atoms with Crippen LogP contribution in [-0.2, 0) is 20.0 Å². The molecule has 0 saturated carbocycles. The van der Waals surface area contributed by atoms with E-state index in [0.717, 1.165) is 17.6 Å². The van der Waals surface area contributed by atoms with Gasteiger partial charge in [0.15, 0.2) is 0 Å². The van der Waals surface area contributed by atoms with Crippen molar-refractivity contribution in [2.45, 2.75) is 17.6 Å². The van der Waals surface area contributed by atoms with Gasteiger partial charge in [0.2, 0.25) is 20.0 Å². The molecular formula is C10H16BrClN2O4S3. The summed E-state index contributed by atoms with van der Waals surface area (Å²) in [6.45, 7) is 2.52. The summed E-state index contributed by atoms with van der Waals surface area (Å²) in [6, 6.07) is 1.37. The molecule has 21 heavy (non-hydrogen) atoms. The number of nitrogens with one attached hydrogen (secondary N) is 1. The summed E-state index contributed by atoms with van der Waals surface area (Å²) in [5, 5.41) is 0.342. The Labute approximate surface area is 142 Å². The quantitative estimate of drug-likeness (QED) is 0.629. The molecule has 0 fully saturated rings. The van der Waals surface area contributed by atoms with Crippen LogP contribution in [-0.4, -0.2) is 47.0 Å². The van der Waals surface area contributed by atoms with Crippen LogP contribution in [0.1, 0.15) is 13.3 Å².